The lowest BCUT2D eigenvalue weighted by Crippen LogP contribution is -2.27. The minimum Gasteiger partial charge on any atom is -0.463 e. The number of carbonyl (C=O) groups excluding carboxylic acids is 2. The molecule has 1 amide bonds. The van der Waals surface area contributed by atoms with E-state index < -0.39 is 26.5 Å². The second-order valence-electron chi connectivity index (χ2n) is 11.5. The summed E-state index contributed by atoms with van der Waals surface area (Å²) in [5.41, 5.74) is 0. The van der Waals surface area contributed by atoms with Gasteiger partial charge in [0.25, 0.3) is 0 Å². The predicted octanol–water partition coefficient (Wildman–Crippen LogP) is 8.65. The normalized spacial score (nSPS) is 14.0. The summed E-state index contributed by atoms with van der Waals surface area (Å²) in [6, 6.07) is 0. The smallest absolute Gasteiger partial charge is 0.463 e. The first-order valence-electron chi connectivity index (χ1n) is 17.5. The molecule has 0 spiro atoms. The summed E-state index contributed by atoms with van der Waals surface area (Å²) in [5.74, 6) is -0.577. The second kappa shape index (κ2) is 32.2. The number of phosphoric ester groups is 1. The first-order chi connectivity index (χ1) is 21.8. The molecule has 0 aromatic heterocycles. The van der Waals surface area contributed by atoms with Gasteiger partial charge in [-0.05, 0) is 51.4 Å². The molecule has 0 aliphatic rings. The van der Waals surface area contributed by atoms with E-state index in [-0.39, 0.29) is 32.1 Å². The van der Waals surface area contributed by atoms with Gasteiger partial charge in [-0.1, -0.05) is 115 Å². The highest BCUT2D eigenvalue weighted by Crippen LogP contribution is 2.42. The van der Waals surface area contributed by atoms with Gasteiger partial charge in [0.1, 0.15) is 12.7 Å². The molecule has 0 saturated carbocycles. The minimum absolute atomic E-state index is 0.0715. The molecule has 0 aliphatic carbocycles. The van der Waals surface area contributed by atoms with Gasteiger partial charge in [-0.2, -0.15) is 0 Å². The van der Waals surface area contributed by atoms with Gasteiger partial charge in [0, 0.05) is 19.4 Å². The highest BCUT2D eigenvalue weighted by atomic mass is 31.2. The fraction of sp³-hybridized carbons (Fsp3) is 0.771. The van der Waals surface area contributed by atoms with Gasteiger partial charge in [0.05, 0.1) is 13.2 Å². The standard InChI is InChI=1S/C35H64NO8P/c1-3-5-6-7-8-9-10-11-12-13-14-15-16-17-18-19-20-21-22-23-24-25-26-28-35(39)42-31-33(37)32-44-45(40,41)43-30-29-36-34(38)27-4-2/h8-9,11-12,14-15,33,37H,3-7,10,13,16-32H2,1-2H3,(H,36,38)(H,40,41)/b9-8-,12-11-,15-14-. The van der Waals surface area contributed by atoms with E-state index in [4.69, 9.17) is 13.8 Å². The van der Waals surface area contributed by atoms with Crippen molar-refractivity contribution in [3.63, 3.8) is 0 Å². The quantitative estimate of drug-likeness (QED) is 0.0284. The number of aliphatic hydroxyl groups is 1. The molecule has 3 N–H and O–H groups in total. The van der Waals surface area contributed by atoms with Crippen molar-refractivity contribution in [1.29, 1.82) is 0 Å². The van der Waals surface area contributed by atoms with Crippen molar-refractivity contribution in [3.8, 4) is 0 Å². The number of esters is 1. The Morgan fingerprint density at radius 2 is 1.22 bits per heavy atom. The van der Waals surface area contributed by atoms with Crippen LogP contribution in [0.1, 0.15) is 142 Å². The van der Waals surface area contributed by atoms with E-state index in [1.54, 1.807) is 0 Å². The van der Waals surface area contributed by atoms with Crippen LogP contribution in [0.4, 0.5) is 0 Å². The Balaban J connectivity index is 3.53. The van der Waals surface area contributed by atoms with Crippen LogP contribution in [-0.4, -0.2) is 54.3 Å². The molecule has 0 bridgehead atoms. The van der Waals surface area contributed by atoms with Crippen LogP contribution in [0, 0.1) is 0 Å². The van der Waals surface area contributed by atoms with Crippen LogP contribution in [0.2, 0.25) is 0 Å². The van der Waals surface area contributed by atoms with Crippen LogP contribution in [-0.2, 0) is 27.9 Å². The number of unbranched alkanes of at least 4 members (excludes halogenated alkanes) is 13. The molecule has 0 rings (SSSR count). The molecule has 262 valence electrons. The van der Waals surface area contributed by atoms with Crippen molar-refractivity contribution in [2.75, 3.05) is 26.4 Å². The molecule has 0 heterocycles. The minimum atomic E-state index is -4.38. The molecule has 10 heteroatoms. The lowest BCUT2D eigenvalue weighted by atomic mass is 10.1. The van der Waals surface area contributed by atoms with E-state index in [1.807, 2.05) is 6.92 Å². The SMILES string of the molecule is CCCCC/C=C\C/C=C\C/C=C\CCCCCCCCCCCCC(=O)OCC(O)COP(=O)(O)OCCNC(=O)CCC. The maximum Gasteiger partial charge on any atom is 0.472 e. The molecule has 0 saturated heterocycles. The fourth-order valence-electron chi connectivity index (χ4n) is 4.43. The number of hydrogen-bond acceptors (Lipinski definition) is 7. The molecular formula is C35H64NO8P. The summed E-state index contributed by atoms with van der Waals surface area (Å²) in [6.07, 6.45) is 33.7. The second-order valence-corrected chi connectivity index (χ2v) is 12.9. The van der Waals surface area contributed by atoms with Crippen molar-refractivity contribution in [2.45, 2.75) is 148 Å². The number of rotatable bonds is 32. The zero-order valence-electron chi connectivity index (χ0n) is 28.3. The molecule has 9 nitrogen and oxygen atoms in total. The van der Waals surface area contributed by atoms with Crippen LogP contribution < -0.4 is 5.32 Å². The van der Waals surface area contributed by atoms with Gasteiger partial charge in [-0.25, -0.2) is 4.57 Å². The predicted molar refractivity (Wildman–Crippen MR) is 183 cm³/mol. The Labute approximate surface area is 273 Å². The van der Waals surface area contributed by atoms with E-state index >= 15 is 0 Å². The molecule has 2 atom stereocenters. The third kappa shape index (κ3) is 33.4. The monoisotopic (exact) mass is 657 g/mol. The first kappa shape index (κ1) is 43.2. The van der Waals surface area contributed by atoms with Crippen LogP contribution >= 0.6 is 7.82 Å². The summed E-state index contributed by atoms with van der Waals surface area (Å²) in [6.45, 7) is 3.13. The number of phosphoric acid groups is 1. The maximum atomic E-state index is 11.9. The molecule has 2 unspecified atom stereocenters. The number of hydrogen-bond donors (Lipinski definition) is 3. The number of nitrogens with one attached hydrogen (secondary N) is 1. The molecule has 45 heavy (non-hydrogen) atoms. The summed E-state index contributed by atoms with van der Waals surface area (Å²) in [5, 5.41) is 12.4. The van der Waals surface area contributed by atoms with E-state index in [0.717, 1.165) is 32.1 Å². The molecule has 0 aromatic rings. The van der Waals surface area contributed by atoms with Crippen molar-refractivity contribution in [1.82, 2.24) is 5.32 Å². The number of carbonyl (C=O) groups is 2. The third-order valence-corrected chi connectivity index (χ3v) is 8.03. The number of amides is 1. The van der Waals surface area contributed by atoms with E-state index in [9.17, 15) is 24.2 Å². The largest absolute Gasteiger partial charge is 0.472 e. The third-order valence-electron chi connectivity index (χ3n) is 7.04. The lowest BCUT2D eigenvalue weighted by molar-refractivity contribution is -0.147. The van der Waals surface area contributed by atoms with Gasteiger partial charge in [-0.15, -0.1) is 0 Å². The van der Waals surface area contributed by atoms with Gasteiger partial charge in [-0.3, -0.25) is 18.6 Å². The Morgan fingerprint density at radius 3 is 1.80 bits per heavy atom. The van der Waals surface area contributed by atoms with Crippen molar-refractivity contribution in [2.24, 2.45) is 0 Å². The Hall–Kier alpha value is -1.77. The number of aliphatic hydroxyl groups excluding tert-OH is 1. The molecule has 0 aliphatic heterocycles. The van der Waals surface area contributed by atoms with Crippen molar-refractivity contribution in [3.05, 3.63) is 36.5 Å². The van der Waals surface area contributed by atoms with E-state index in [1.165, 1.54) is 77.0 Å². The summed E-state index contributed by atoms with van der Waals surface area (Å²) >= 11 is 0. The first-order valence-corrected chi connectivity index (χ1v) is 19.0. The molecule has 0 fully saturated rings. The topological polar surface area (TPSA) is 131 Å². The Kier molecular flexibility index (Phi) is 30.9. The van der Waals surface area contributed by atoms with Gasteiger partial charge in [0.2, 0.25) is 5.91 Å². The van der Waals surface area contributed by atoms with Crippen LogP contribution in [0.15, 0.2) is 36.5 Å². The lowest BCUT2D eigenvalue weighted by Gasteiger charge is -2.15. The highest BCUT2D eigenvalue weighted by Gasteiger charge is 2.23. The number of allylic oxidation sites excluding steroid dienone is 6. The highest BCUT2D eigenvalue weighted by molar-refractivity contribution is 7.47. The van der Waals surface area contributed by atoms with Crippen LogP contribution in [0.5, 0.6) is 0 Å². The van der Waals surface area contributed by atoms with Gasteiger partial charge in [0.15, 0.2) is 0 Å². The summed E-state index contributed by atoms with van der Waals surface area (Å²) < 4.78 is 26.3. The Morgan fingerprint density at radius 1 is 0.689 bits per heavy atom. The average molecular weight is 658 g/mol. The van der Waals surface area contributed by atoms with E-state index in [0.29, 0.717) is 12.8 Å². The maximum absolute atomic E-state index is 11.9. The number of ether oxygens (including phenoxy) is 1. The van der Waals surface area contributed by atoms with E-state index in [2.05, 4.69) is 48.7 Å². The van der Waals surface area contributed by atoms with Crippen LogP contribution in [0.3, 0.4) is 0 Å². The average Bonchev–Trinajstić information content (AvgIpc) is 3.01. The Bertz CT molecular complexity index is 846. The van der Waals surface area contributed by atoms with Crippen LogP contribution in [0.25, 0.3) is 0 Å². The summed E-state index contributed by atoms with van der Waals surface area (Å²) in [7, 11) is -4.38. The summed E-state index contributed by atoms with van der Waals surface area (Å²) in [4.78, 5) is 32.9. The fourth-order valence-corrected chi connectivity index (χ4v) is 5.19. The van der Waals surface area contributed by atoms with Gasteiger partial charge >= 0.3 is 13.8 Å². The van der Waals surface area contributed by atoms with Crippen molar-refractivity contribution >= 4 is 19.7 Å². The zero-order valence-corrected chi connectivity index (χ0v) is 29.2. The molecule has 0 radical (unpaired) electrons. The van der Waals surface area contributed by atoms with Gasteiger partial charge < -0.3 is 20.1 Å². The molecular weight excluding hydrogens is 593 g/mol. The molecule has 0 aromatic carbocycles. The zero-order chi connectivity index (χ0) is 33.3. The van der Waals surface area contributed by atoms with Crippen molar-refractivity contribution < 1.29 is 37.9 Å².